The highest BCUT2D eigenvalue weighted by atomic mass is 16.5. The third-order valence-corrected chi connectivity index (χ3v) is 5.23. The van der Waals surface area contributed by atoms with Gasteiger partial charge in [-0.05, 0) is 29.8 Å². The number of amides is 1. The largest absolute Gasteiger partial charge is 0.457 e. The Hall–Kier alpha value is -3.93. The minimum absolute atomic E-state index is 0.0575. The molecule has 0 saturated carbocycles. The Bertz CT molecular complexity index is 1190. The Morgan fingerprint density at radius 1 is 1.07 bits per heavy atom. The van der Waals surface area contributed by atoms with Crippen molar-refractivity contribution >= 4 is 5.91 Å². The highest BCUT2D eigenvalue weighted by Crippen LogP contribution is 2.43. The maximum atomic E-state index is 13.3. The molecule has 30 heavy (non-hydrogen) atoms. The van der Waals surface area contributed by atoms with Crippen LogP contribution in [0.15, 0.2) is 79.3 Å². The van der Waals surface area contributed by atoms with Crippen LogP contribution in [0.5, 0.6) is 11.5 Å². The molecule has 0 radical (unpaired) electrons. The molecule has 0 aliphatic carbocycles. The maximum Gasteiger partial charge on any atom is 0.232 e. The van der Waals surface area contributed by atoms with E-state index in [4.69, 9.17) is 4.74 Å². The predicted molar refractivity (Wildman–Crippen MR) is 113 cm³/mol. The van der Waals surface area contributed by atoms with Crippen LogP contribution >= 0.6 is 0 Å². The normalized spacial score (nSPS) is 12.6. The van der Waals surface area contributed by atoms with E-state index in [1.54, 1.807) is 17.1 Å². The summed E-state index contributed by atoms with van der Waals surface area (Å²) < 4.78 is 7.73. The summed E-state index contributed by atoms with van der Waals surface area (Å²) >= 11 is 0. The van der Waals surface area contributed by atoms with E-state index in [-0.39, 0.29) is 5.91 Å². The van der Waals surface area contributed by atoms with Crippen molar-refractivity contribution in [2.45, 2.75) is 12.5 Å². The molecular formula is C24H20N4O2. The van der Waals surface area contributed by atoms with Gasteiger partial charge in [-0.15, -0.1) is 0 Å². The molecular weight excluding hydrogens is 376 g/mol. The van der Waals surface area contributed by atoms with Gasteiger partial charge < -0.3 is 10.1 Å². The number of hydrogen-bond donors (Lipinski definition) is 1. The third-order valence-electron chi connectivity index (χ3n) is 5.23. The molecule has 0 unspecified atom stereocenters. The molecule has 2 aromatic carbocycles. The Balaban J connectivity index is 1.39. The van der Waals surface area contributed by atoms with Crippen molar-refractivity contribution in [3.63, 3.8) is 0 Å². The lowest BCUT2D eigenvalue weighted by Crippen LogP contribution is -2.31. The van der Waals surface area contributed by atoms with Crippen molar-refractivity contribution < 1.29 is 9.53 Å². The van der Waals surface area contributed by atoms with Crippen LogP contribution in [-0.4, -0.2) is 20.7 Å². The van der Waals surface area contributed by atoms with Crippen LogP contribution in [0, 0.1) is 0 Å². The molecule has 3 heterocycles. The van der Waals surface area contributed by atoms with Crippen molar-refractivity contribution in [2.24, 2.45) is 7.05 Å². The molecule has 1 aliphatic rings. The quantitative estimate of drug-likeness (QED) is 0.565. The topological polar surface area (TPSA) is 69.0 Å². The summed E-state index contributed by atoms with van der Waals surface area (Å²) in [6.45, 7) is 0.413. The highest BCUT2D eigenvalue weighted by Gasteiger charge is 2.32. The van der Waals surface area contributed by atoms with Crippen LogP contribution in [0.25, 0.3) is 11.3 Å². The Labute approximate surface area is 174 Å². The number of ether oxygens (including phenoxy) is 1. The number of benzene rings is 2. The fourth-order valence-electron chi connectivity index (χ4n) is 3.78. The molecule has 6 heteroatoms. The number of carbonyl (C=O) groups excluding carboxylic acids is 1. The first-order valence-corrected chi connectivity index (χ1v) is 9.76. The first-order chi connectivity index (χ1) is 14.7. The zero-order valence-corrected chi connectivity index (χ0v) is 16.4. The molecule has 4 aromatic rings. The van der Waals surface area contributed by atoms with E-state index in [0.29, 0.717) is 6.54 Å². The Morgan fingerprint density at radius 2 is 1.77 bits per heavy atom. The van der Waals surface area contributed by atoms with Crippen LogP contribution in [0.2, 0.25) is 0 Å². The molecule has 6 nitrogen and oxygen atoms in total. The van der Waals surface area contributed by atoms with Crippen molar-refractivity contribution in [1.82, 2.24) is 20.1 Å². The average molecular weight is 396 g/mol. The lowest BCUT2D eigenvalue weighted by atomic mass is 9.87. The minimum Gasteiger partial charge on any atom is -0.457 e. The van der Waals surface area contributed by atoms with Gasteiger partial charge in [0.05, 0.1) is 17.8 Å². The molecule has 5 rings (SSSR count). The molecule has 0 saturated heterocycles. The van der Waals surface area contributed by atoms with Crippen molar-refractivity contribution in [1.29, 1.82) is 0 Å². The summed E-state index contributed by atoms with van der Waals surface area (Å²) in [4.78, 5) is 17.7. The zero-order valence-electron chi connectivity index (χ0n) is 16.4. The van der Waals surface area contributed by atoms with Gasteiger partial charge in [0.2, 0.25) is 5.91 Å². The van der Waals surface area contributed by atoms with E-state index < -0.39 is 5.92 Å². The van der Waals surface area contributed by atoms with Gasteiger partial charge in [0.1, 0.15) is 11.5 Å². The first-order valence-electron chi connectivity index (χ1n) is 9.76. The van der Waals surface area contributed by atoms with Gasteiger partial charge in [0.25, 0.3) is 0 Å². The van der Waals surface area contributed by atoms with E-state index in [9.17, 15) is 4.79 Å². The second-order valence-electron chi connectivity index (χ2n) is 7.28. The standard InChI is InChI=1S/C24H20N4O2/c1-28-15-17(14-27-28)20-12-16(10-11-25-20)13-26-24(29)23-18-6-2-4-8-21(18)30-22-9-5-3-7-19(22)23/h2-12,14-15,23H,13H2,1H3,(H,26,29). The van der Waals surface area contributed by atoms with Gasteiger partial charge in [-0.25, -0.2) is 0 Å². The summed E-state index contributed by atoms with van der Waals surface area (Å²) in [7, 11) is 1.87. The van der Waals surface area contributed by atoms with Crippen LogP contribution in [0.4, 0.5) is 0 Å². The summed E-state index contributed by atoms with van der Waals surface area (Å²) in [5.74, 6) is 0.974. The van der Waals surface area contributed by atoms with Gasteiger partial charge in [0, 0.05) is 42.7 Å². The number of aryl methyl sites for hydroxylation is 1. The highest BCUT2D eigenvalue weighted by molar-refractivity contribution is 5.89. The van der Waals surface area contributed by atoms with Gasteiger partial charge in [-0.1, -0.05) is 36.4 Å². The number of carbonyl (C=O) groups is 1. The second kappa shape index (κ2) is 7.48. The number of pyridine rings is 1. The molecule has 0 atom stereocenters. The van der Waals surface area contributed by atoms with Gasteiger partial charge in [-0.2, -0.15) is 5.10 Å². The molecule has 0 spiro atoms. The lowest BCUT2D eigenvalue weighted by molar-refractivity contribution is -0.122. The number of fused-ring (bicyclic) bond motifs is 2. The van der Waals surface area contributed by atoms with Crippen molar-refractivity contribution in [2.75, 3.05) is 0 Å². The van der Waals surface area contributed by atoms with Crippen LogP contribution in [0.1, 0.15) is 22.6 Å². The monoisotopic (exact) mass is 396 g/mol. The number of aromatic nitrogens is 3. The molecule has 0 bridgehead atoms. The number of hydrogen-bond acceptors (Lipinski definition) is 4. The second-order valence-corrected chi connectivity index (χ2v) is 7.28. The smallest absolute Gasteiger partial charge is 0.232 e. The van der Waals surface area contributed by atoms with Crippen molar-refractivity contribution in [3.05, 3.63) is 95.9 Å². The molecule has 1 aliphatic heterocycles. The van der Waals surface area contributed by atoms with Crippen LogP contribution in [0.3, 0.4) is 0 Å². The molecule has 1 N–H and O–H groups in total. The summed E-state index contributed by atoms with van der Waals surface area (Å²) in [5, 5.41) is 7.29. The maximum absolute atomic E-state index is 13.3. The van der Waals surface area contributed by atoms with E-state index in [1.165, 1.54) is 0 Å². The SMILES string of the molecule is Cn1cc(-c2cc(CNC(=O)C3c4ccccc4Oc4ccccc43)ccn2)cn1. The fourth-order valence-corrected chi connectivity index (χ4v) is 3.78. The molecule has 0 fully saturated rings. The average Bonchev–Trinajstić information content (AvgIpc) is 3.22. The Kier molecular flexibility index (Phi) is 4.52. The fraction of sp³-hybridized carbons (Fsp3) is 0.125. The number of rotatable bonds is 4. The van der Waals surface area contributed by atoms with E-state index >= 15 is 0 Å². The number of para-hydroxylation sites is 2. The number of nitrogens with one attached hydrogen (secondary N) is 1. The van der Waals surface area contributed by atoms with Crippen LogP contribution < -0.4 is 10.1 Å². The van der Waals surface area contributed by atoms with Crippen molar-refractivity contribution in [3.8, 4) is 22.8 Å². The summed E-state index contributed by atoms with van der Waals surface area (Å²) in [6, 6.07) is 19.3. The molecule has 1 amide bonds. The summed E-state index contributed by atoms with van der Waals surface area (Å²) in [6.07, 6.45) is 5.45. The van der Waals surface area contributed by atoms with E-state index in [0.717, 1.165) is 39.4 Å². The minimum atomic E-state index is -0.411. The van der Waals surface area contributed by atoms with E-state index in [2.05, 4.69) is 15.4 Å². The Morgan fingerprint density at radius 3 is 2.43 bits per heavy atom. The number of nitrogens with zero attached hydrogens (tertiary/aromatic N) is 3. The molecule has 148 valence electrons. The van der Waals surface area contributed by atoms with Crippen LogP contribution in [-0.2, 0) is 18.4 Å². The zero-order chi connectivity index (χ0) is 20.5. The van der Waals surface area contributed by atoms with Gasteiger partial charge in [-0.3, -0.25) is 14.5 Å². The molecule has 2 aromatic heterocycles. The third kappa shape index (κ3) is 3.33. The predicted octanol–water partition coefficient (Wildman–Crippen LogP) is 4.04. The summed E-state index contributed by atoms with van der Waals surface area (Å²) in [5.41, 5.74) is 4.50. The first kappa shape index (κ1) is 18.1. The lowest BCUT2D eigenvalue weighted by Gasteiger charge is -2.27. The van der Waals surface area contributed by atoms with Gasteiger partial charge in [0.15, 0.2) is 0 Å². The van der Waals surface area contributed by atoms with E-state index in [1.807, 2.05) is 73.9 Å². The van der Waals surface area contributed by atoms with Gasteiger partial charge >= 0.3 is 0 Å².